The van der Waals surface area contributed by atoms with Gasteiger partial charge in [0, 0.05) is 5.69 Å². The number of piperidine rings is 1. The minimum Gasteiger partial charge on any atom is -0.325 e. The van der Waals surface area contributed by atoms with E-state index >= 15 is 0 Å². The maximum Gasteiger partial charge on any atom is 0.241 e. The first-order chi connectivity index (χ1) is 8.97. The molecule has 1 heterocycles. The molecule has 1 fully saturated rings. The molecule has 19 heavy (non-hydrogen) atoms. The van der Waals surface area contributed by atoms with E-state index in [0.29, 0.717) is 5.69 Å². The van der Waals surface area contributed by atoms with Gasteiger partial charge in [0.2, 0.25) is 15.9 Å². The summed E-state index contributed by atoms with van der Waals surface area (Å²) in [6, 6.07) is 5.63. The van der Waals surface area contributed by atoms with E-state index in [0.717, 1.165) is 25.8 Å². The first-order valence-electron chi connectivity index (χ1n) is 6.14. The lowest BCUT2D eigenvalue weighted by Gasteiger charge is -2.22. The molecular weight excluding hydrogens is 266 g/mol. The summed E-state index contributed by atoms with van der Waals surface area (Å²) in [6.45, 7) is 0.850. The fourth-order valence-corrected chi connectivity index (χ4v) is 2.55. The van der Waals surface area contributed by atoms with Gasteiger partial charge in [-0.15, -0.1) is 0 Å². The van der Waals surface area contributed by atoms with Crippen molar-refractivity contribution in [2.45, 2.75) is 30.2 Å². The number of hydrogen-bond donors (Lipinski definition) is 3. The number of sulfonamides is 1. The smallest absolute Gasteiger partial charge is 0.241 e. The second kappa shape index (κ2) is 5.68. The lowest BCUT2D eigenvalue weighted by Crippen LogP contribution is -2.43. The number of nitrogens with two attached hydrogens (primary N) is 1. The zero-order valence-electron chi connectivity index (χ0n) is 10.4. The summed E-state index contributed by atoms with van der Waals surface area (Å²) in [5.74, 6) is -0.0944. The number of carbonyl (C=O) groups is 1. The second-order valence-corrected chi connectivity index (χ2v) is 6.12. The minimum atomic E-state index is -3.69. The predicted molar refractivity (Wildman–Crippen MR) is 72.1 cm³/mol. The molecule has 0 bridgehead atoms. The molecule has 0 radical (unpaired) electrons. The van der Waals surface area contributed by atoms with Crippen molar-refractivity contribution in [1.82, 2.24) is 5.32 Å². The highest BCUT2D eigenvalue weighted by Crippen LogP contribution is 2.14. The van der Waals surface area contributed by atoms with Crippen LogP contribution in [0, 0.1) is 0 Å². The van der Waals surface area contributed by atoms with Gasteiger partial charge >= 0.3 is 0 Å². The van der Waals surface area contributed by atoms with Crippen LogP contribution in [0.2, 0.25) is 0 Å². The number of amides is 1. The fourth-order valence-electron chi connectivity index (χ4n) is 2.03. The molecule has 1 aromatic rings. The molecule has 0 spiro atoms. The molecule has 0 aromatic heterocycles. The molecule has 0 unspecified atom stereocenters. The van der Waals surface area contributed by atoms with E-state index in [4.69, 9.17) is 5.14 Å². The normalized spacial score (nSPS) is 19.9. The molecule has 1 aliphatic rings. The van der Waals surface area contributed by atoms with Crippen LogP contribution >= 0.6 is 0 Å². The van der Waals surface area contributed by atoms with Gasteiger partial charge in [0.25, 0.3) is 0 Å². The molecular formula is C12H17N3O3S. The van der Waals surface area contributed by atoms with Crippen LogP contribution in [0.3, 0.4) is 0 Å². The second-order valence-electron chi connectivity index (χ2n) is 4.56. The van der Waals surface area contributed by atoms with Crippen molar-refractivity contribution in [3.63, 3.8) is 0 Å². The van der Waals surface area contributed by atoms with Crippen LogP contribution in [0.5, 0.6) is 0 Å². The Morgan fingerprint density at radius 1 is 1.26 bits per heavy atom. The highest BCUT2D eigenvalue weighted by atomic mass is 32.2. The van der Waals surface area contributed by atoms with Crippen molar-refractivity contribution in [3.8, 4) is 0 Å². The van der Waals surface area contributed by atoms with E-state index in [2.05, 4.69) is 10.6 Å². The van der Waals surface area contributed by atoms with Crippen LogP contribution < -0.4 is 15.8 Å². The largest absolute Gasteiger partial charge is 0.325 e. The van der Waals surface area contributed by atoms with Crippen molar-refractivity contribution < 1.29 is 13.2 Å². The molecule has 0 saturated carbocycles. The van der Waals surface area contributed by atoms with Crippen molar-refractivity contribution in [1.29, 1.82) is 0 Å². The molecule has 2 rings (SSSR count). The number of benzene rings is 1. The quantitative estimate of drug-likeness (QED) is 0.748. The molecule has 0 aliphatic carbocycles. The summed E-state index contributed by atoms with van der Waals surface area (Å²) in [5.41, 5.74) is 0.560. The Balaban J connectivity index is 2.01. The van der Waals surface area contributed by atoms with Crippen LogP contribution in [0.15, 0.2) is 29.2 Å². The third-order valence-electron chi connectivity index (χ3n) is 3.08. The Morgan fingerprint density at radius 3 is 2.47 bits per heavy atom. The molecule has 1 amide bonds. The third-order valence-corrected chi connectivity index (χ3v) is 4.01. The van der Waals surface area contributed by atoms with Gasteiger partial charge in [0.15, 0.2) is 0 Å². The standard InChI is InChI=1S/C12H17N3O3S/c13-19(17,18)10-6-4-9(5-7-10)15-12(16)11-3-1-2-8-14-11/h4-7,11,14H,1-3,8H2,(H,15,16)(H2,13,17,18)/t11-/m0/s1. The predicted octanol–water partition coefficient (Wildman–Crippen LogP) is 0.415. The summed E-state index contributed by atoms with van der Waals surface area (Å²) in [4.78, 5) is 12.0. The highest BCUT2D eigenvalue weighted by Gasteiger charge is 2.20. The van der Waals surface area contributed by atoms with Crippen molar-refractivity contribution in [2.24, 2.45) is 5.14 Å². The Kier molecular flexibility index (Phi) is 4.18. The van der Waals surface area contributed by atoms with Crippen molar-refractivity contribution >= 4 is 21.6 Å². The van der Waals surface area contributed by atoms with Gasteiger partial charge < -0.3 is 10.6 Å². The van der Waals surface area contributed by atoms with E-state index in [1.807, 2.05) is 0 Å². The van der Waals surface area contributed by atoms with Gasteiger partial charge in [0.05, 0.1) is 10.9 Å². The van der Waals surface area contributed by atoms with Crippen LogP contribution in [-0.4, -0.2) is 26.9 Å². The number of hydrogen-bond acceptors (Lipinski definition) is 4. The van der Waals surface area contributed by atoms with Gasteiger partial charge in [-0.25, -0.2) is 13.6 Å². The lowest BCUT2D eigenvalue weighted by atomic mass is 10.0. The van der Waals surface area contributed by atoms with Crippen LogP contribution in [0.4, 0.5) is 5.69 Å². The average molecular weight is 283 g/mol. The molecule has 1 atom stereocenters. The zero-order valence-corrected chi connectivity index (χ0v) is 11.2. The van der Waals surface area contributed by atoms with Gasteiger partial charge in [-0.3, -0.25) is 4.79 Å². The van der Waals surface area contributed by atoms with Gasteiger partial charge in [-0.05, 0) is 43.7 Å². The summed E-state index contributed by atoms with van der Waals surface area (Å²) in [6.07, 6.45) is 2.95. The van der Waals surface area contributed by atoms with E-state index in [-0.39, 0.29) is 16.8 Å². The summed E-state index contributed by atoms with van der Waals surface area (Å²) in [5, 5.41) is 10.9. The van der Waals surface area contributed by atoms with Crippen LogP contribution in [0.1, 0.15) is 19.3 Å². The number of rotatable bonds is 3. The monoisotopic (exact) mass is 283 g/mol. The van der Waals surface area contributed by atoms with Crippen molar-refractivity contribution in [2.75, 3.05) is 11.9 Å². The summed E-state index contributed by atoms with van der Waals surface area (Å²) >= 11 is 0. The zero-order chi connectivity index (χ0) is 13.9. The van der Waals surface area contributed by atoms with Crippen molar-refractivity contribution in [3.05, 3.63) is 24.3 Å². The maximum absolute atomic E-state index is 11.9. The van der Waals surface area contributed by atoms with E-state index in [9.17, 15) is 13.2 Å². The number of anilines is 1. The molecule has 1 saturated heterocycles. The molecule has 1 aromatic carbocycles. The number of carbonyl (C=O) groups excluding carboxylic acids is 1. The maximum atomic E-state index is 11.9. The van der Waals surface area contributed by atoms with Gasteiger partial charge in [-0.1, -0.05) is 6.42 Å². The van der Waals surface area contributed by atoms with Gasteiger partial charge in [-0.2, -0.15) is 0 Å². The molecule has 104 valence electrons. The lowest BCUT2D eigenvalue weighted by molar-refractivity contribution is -0.118. The molecule has 1 aliphatic heterocycles. The first-order valence-corrected chi connectivity index (χ1v) is 7.68. The molecule has 4 N–H and O–H groups in total. The fraction of sp³-hybridized carbons (Fsp3) is 0.417. The average Bonchev–Trinajstić information content (AvgIpc) is 2.39. The van der Waals surface area contributed by atoms with E-state index in [1.54, 1.807) is 0 Å². The first kappa shape index (κ1) is 14.0. The van der Waals surface area contributed by atoms with Crippen LogP contribution in [0.25, 0.3) is 0 Å². The molecule has 6 nitrogen and oxygen atoms in total. The topological polar surface area (TPSA) is 101 Å². The van der Waals surface area contributed by atoms with Crippen LogP contribution in [-0.2, 0) is 14.8 Å². The Hall–Kier alpha value is -1.44. The SMILES string of the molecule is NS(=O)(=O)c1ccc(NC(=O)[C@@H]2CCCCN2)cc1. The Bertz CT molecular complexity index is 548. The summed E-state index contributed by atoms with van der Waals surface area (Å²) in [7, 11) is -3.69. The number of nitrogens with one attached hydrogen (secondary N) is 2. The number of primary sulfonamides is 1. The summed E-state index contributed by atoms with van der Waals surface area (Å²) < 4.78 is 22.2. The Morgan fingerprint density at radius 2 is 1.95 bits per heavy atom. The van der Waals surface area contributed by atoms with E-state index in [1.165, 1.54) is 24.3 Å². The van der Waals surface area contributed by atoms with E-state index < -0.39 is 10.0 Å². The minimum absolute atomic E-state index is 0.0290. The highest BCUT2D eigenvalue weighted by molar-refractivity contribution is 7.89. The Labute approximate surface area is 112 Å². The van der Waals surface area contributed by atoms with Gasteiger partial charge in [0.1, 0.15) is 0 Å². The molecule has 7 heteroatoms. The third kappa shape index (κ3) is 3.76.